The quantitative estimate of drug-likeness (QED) is 0.597. The average molecular weight is 440 g/mol. The zero-order valence-corrected chi connectivity index (χ0v) is 16.1. The first-order chi connectivity index (χ1) is 14.5. The topological polar surface area (TPSA) is 79.8 Å². The molecule has 0 aliphatic heterocycles. The molecule has 3 aromatic rings. The second kappa shape index (κ2) is 7.17. The zero-order valence-electron chi connectivity index (χ0n) is 16.1. The van der Waals surface area contributed by atoms with E-state index in [0.717, 1.165) is 16.7 Å². The largest absolute Gasteiger partial charge is 0.416 e. The summed E-state index contributed by atoms with van der Waals surface area (Å²) in [7, 11) is 0. The molecule has 2 heterocycles. The van der Waals surface area contributed by atoms with Gasteiger partial charge in [0, 0.05) is 25.1 Å². The number of carbonyl (C=O) groups excluding carboxylic acids is 1. The molecule has 1 aromatic carbocycles. The van der Waals surface area contributed by atoms with Gasteiger partial charge in [0.05, 0.1) is 34.3 Å². The van der Waals surface area contributed by atoms with Gasteiger partial charge in [0.15, 0.2) is 0 Å². The summed E-state index contributed by atoms with van der Waals surface area (Å²) < 4.78 is 66.6. The van der Waals surface area contributed by atoms with E-state index in [1.54, 1.807) is 0 Å². The molecular weight excluding hydrogens is 423 g/mol. The van der Waals surface area contributed by atoms with Gasteiger partial charge in [-0.15, -0.1) is 0 Å². The molecule has 0 saturated heterocycles. The molecule has 0 spiro atoms. The number of rotatable bonds is 4. The highest BCUT2D eigenvalue weighted by atomic mass is 19.4. The molecule has 164 valence electrons. The van der Waals surface area contributed by atoms with Crippen LogP contribution in [0.2, 0.25) is 0 Å². The number of benzene rings is 1. The van der Waals surface area contributed by atoms with Crippen molar-refractivity contribution < 1.29 is 26.7 Å². The van der Waals surface area contributed by atoms with Gasteiger partial charge in [-0.3, -0.25) is 14.7 Å². The van der Waals surface area contributed by atoms with E-state index in [4.69, 9.17) is 0 Å². The summed E-state index contributed by atoms with van der Waals surface area (Å²) in [5.74, 6) is -3.55. The molecule has 1 aliphatic carbocycles. The van der Waals surface area contributed by atoms with Crippen LogP contribution in [0.25, 0.3) is 10.9 Å². The summed E-state index contributed by atoms with van der Waals surface area (Å²) in [5.41, 5.74) is -1.05. The number of alkyl halides is 5. The highest BCUT2D eigenvalue weighted by Gasteiger charge is 2.46. The first-order valence-corrected chi connectivity index (χ1v) is 9.40. The van der Waals surface area contributed by atoms with E-state index in [-0.39, 0.29) is 22.0 Å². The van der Waals surface area contributed by atoms with Gasteiger partial charge in [-0.2, -0.15) is 18.3 Å². The van der Waals surface area contributed by atoms with Crippen molar-refractivity contribution >= 4 is 16.8 Å². The Kier molecular flexibility index (Phi) is 4.86. The number of pyridine rings is 1. The van der Waals surface area contributed by atoms with Gasteiger partial charge in [0.25, 0.3) is 17.4 Å². The fraction of sp³-hybridized carbons (Fsp3) is 0.350. The molecule has 0 bridgehead atoms. The standard InChI is InChI=1S/C20H17F5N4O2/c1-10(11-3-2-4-12(5-11)20(23,24)25)27-17(30)15-9-29(13-6-19(21,22)7-13)18(31)14-8-26-28-16(14)15/h2-5,8-10,13H,6-7H2,1H3,(H,26,28)(H,27,30). The number of nitrogens with one attached hydrogen (secondary N) is 2. The predicted octanol–water partition coefficient (Wildman–Crippen LogP) is 4.20. The van der Waals surface area contributed by atoms with Crippen LogP contribution in [0, 0.1) is 0 Å². The Morgan fingerprint density at radius 1 is 1.32 bits per heavy atom. The number of hydrogen-bond acceptors (Lipinski definition) is 3. The maximum Gasteiger partial charge on any atom is 0.416 e. The number of aromatic amines is 1. The zero-order chi connectivity index (χ0) is 22.6. The van der Waals surface area contributed by atoms with Gasteiger partial charge in [0.1, 0.15) is 0 Å². The van der Waals surface area contributed by atoms with Crippen LogP contribution in [0.3, 0.4) is 0 Å². The Balaban J connectivity index is 1.64. The number of halogens is 5. The van der Waals surface area contributed by atoms with Crippen LogP contribution >= 0.6 is 0 Å². The first kappa shape index (κ1) is 21.0. The van der Waals surface area contributed by atoms with E-state index in [1.807, 2.05) is 0 Å². The van der Waals surface area contributed by atoms with Gasteiger partial charge in [-0.1, -0.05) is 12.1 Å². The van der Waals surface area contributed by atoms with E-state index in [1.165, 1.54) is 31.5 Å². The number of nitrogens with zero attached hydrogens (tertiary/aromatic N) is 2. The van der Waals surface area contributed by atoms with E-state index in [0.29, 0.717) is 0 Å². The summed E-state index contributed by atoms with van der Waals surface area (Å²) in [6, 6.07) is 3.01. The molecule has 1 atom stereocenters. The van der Waals surface area contributed by atoms with Crippen molar-refractivity contribution in [3.05, 3.63) is 63.7 Å². The van der Waals surface area contributed by atoms with E-state index >= 15 is 0 Å². The van der Waals surface area contributed by atoms with Crippen molar-refractivity contribution in [3.63, 3.8) is 0 Å². The second-order valence-electron chi connectivity index (χ2n) is 7.65. The monoisotopic (exact) mass is 440 g/mol. The van der Waals surface area contributed by atoms with E-state index in [2.05, 4.69) is 15.5 Å². The Hall–Kier alpha value is -3.24. The van der Waals surface area contributed by atoms with E-state index in [9.17, 15) is 31.5 Å². The van der Waals surface area contributed by atoms with Crippen LogP contribution in [-0.4, -0.2) is 26.6 Å². The van der Waals surface area contributed by atoms with E-state index < -0.39 is 54.1 Å². The summed E-state index contributed by atoms with van der Waals surface area (Å²) in [6.07, 6.45) is -3.16. The first-order valence-electron chi connectivity index (χ1n) is 9.40. The fourth-order valence-electron chi connectivity index (χ4n) is 3.67. The molecule has 0 radical (unpaired) electrons. The molecule has 1 saturated carbocycles. The van der Waals surface area contributed by atoms with Crippen LogP contribution in [0.15, 0.2) is 41.5 Å². The Bertz CT molecular complexity index is 1210. The van der Waals surface area contributed by atoms with Crippen molar-refractivity contribution in [1.29, 1.82) is 0 Å². The van der Waals surface area contributed by atoms with Crippen molar-refractivity contribution in [2.45, 2.75) is 43.9 Å². The van der Waals surface area contributed by atoms with Gasteiger partial charge < -0.3 is 9.88 Å². The van der Waals surface area contributed by atoms with Gasteiger partial charge >= 0.3 is 6.18 Å². The van der Waals surface area contributed by atoms with Gasteiger partial charge in [-0.05, 0) is 24.6 Å². The average Bonchev–Trinajstić information content (AvgIpc) is 3.16. The molecule has 31 heavy (non-hydrogen) atoms. The van der Waals surface area contributed by atoms with Gasteiger partial charge in [-0.25, -0.2) is 8.78 Å². The Morgan fingerprint density at radius 2 is 2.03 bits per heavy atom. The molecule has 2 aromatic heterocycles. The van der Waals surface area contributed by atoms with Crippen molar-refractivity contribution in [1.82, 2.24) is 20.1 Å². The highest BCUT2D eigenvalue weighted by molar-refractivity contribution is 6.05. The summed E-state index contributed by atoms with van der Waals surface area (Å²) in [4.78, 5) is 25.5. The molecular formula is C20H17F5N4O2. The SMILES string of the molecule is CC(NC(=O)c1cn(C2CC(F)(F)C2)c(=O)c2cn[nH]c12)c1cccc(C(F)(F)F)c1. The summed E-state index contributed by atoms with van der Waals surface area (Å²) in [5, 5.41) is 8.97. The molecule has 1 aliphatic rings. The third-order valence-electron chi connectivity index (χ3n) is 5.41. The lowest BCUT2D eigenvalue weighted by Gasteiger charge is -2.36. The lowest BCUT2D eigenvalue weighted by Crippen LogP contribution is -2.41. The lowest BCUT2D eigenvalue weighted by atomic mass is 9.87. The minimum atomic E-state index is -4.53. The van der Waals surface area contributed by atoms with Gasteiger partial charge in [0.2, 0.25) is 0 Å². The predicted molar refractivity (Wildman–Crippen MR) is 101 cm³/mol. The number of aromatic nitrogens is 3. The third kappa shape index (κ3) is 3.91. The van der Waals surface area contributed by atoms with Crippen LogP contribution in [0.5, 0.6) is 0 Å². The normalized spacial score (nSPS) is 17.4. The smallest absolute Gasteiger partial charge is 0.345 e. The minimum absolute atomic E-state index is 0.0128. The number of fused-ring (bicyclic) bond motifs is 1. The second-order valence-corrected chi connectivity index (χ2v) is 7.65. The maximum atomic E-state index is 13.3. The number of H-pyrrole nitrogens is 1. The maximum absolute atomic E-state index is 13.3. The molecule has 4 rings (SSSR count). The number of hydrogen-bond donors (Lipinski definition) is 2. The highest BCUT2D eigenvalue weighted by Crippen LogP contribution is 2.45. The van der Waals surface area contributed by atoms with Crippen molar-refractivity contribution in [2.24, 2.45) is 0 Å². The van der Waals surface area contributed by atoms with Crippen LogP contribution in [0.4, 0.5) is 22.0 Å². The Morgan fingerprint density at radius 3 is 2.68 bits per heavy atom. The van der Waals surface area contributed by atoms with Crippen LogP contribution < -0.4 is 10.9 Å². The fourth-order valence-corrected chi connectivity index (χ4v) is 3.67. The minimum Gasteiger partial charge on any atom is -0.345 e. The summed E-state index contributed by atoms with van der Waals surface area (Å²) >= 11 is 0. The molecule has 11 heteroatoms. The molecule has 1 unspecified atom stereocenters. The number of amides is 1. The third-order valence-corrected chi connectivity index (χ3v) is 5.41. The van der Waals surface area contributed by atoms with Crippen molar-refractivity contribution in [3.8, 4) is 0 Å². The Labute approximate surface area is 172 Å². The van der Waals surface area contributed by atoms with Crippen molar-refractivity contribution in [2.75, 3.05) is 0 Å². The number of carbonyl (C=O) groups is 1. The lowest BCUT2D eigenvalue weighted by molar-refractivity contribution is -0.137. The molecule has 1 amide bonds. The van der Waals surface area contributed by atoms with Crippen LogP contribution in [0.1, 0.15) is 53.3 Å². The van der Waals surface area contributed by atoms with Crippen LogP contribution in [-0.2, 0) is 6.18 Å². The molecule has 6 nitrogen and oxygen atoms in total. The molecule has 2 N–H and O–H groups in total. The summed E-state index contributed by atoms with van der Waals surface area (Å²) in [6.45, 7) is 1.51. The molecule has 1 fully saturated rings.